The van der Waals surface area contributed by atoms with E-state index in [0.29, 0.717) is 32.7 Å². The Bertz CT molecular complexity index is 288. The number of likely N-dealkylation sites (tertiary alicyclic amines) is 1. The zero-order valence-electron chi connectivity index (χ0n) is 11.3. The van der Waals surface area contributed by atoms with Crippen LogP contribution in [0.2, 0.25) is 0 Å². The highest BCUT2D eigenvalue weighted by atomic mass is 16.6. The average Bonchev–Trinajstić information content (AvgIpc) is 2.71. The molecular formula is C12H22N2O4. The Balaban J connectivity index is 2.24. The third-order valence-corrected chi connectivity index (χ3v) is 2.48. The van der Waals surface area contributed by atoms with E-state index in [-0.39, 0.29) is 12.2 Å². The predicted molar refractivity (Wildman–Crippen MR) is 66.2 cm³/mol. The Morgan fingerprint density at radius 2 is 2.22 bits per heavy atom. The van der Waals surface area contributed by atoms with Crippen LogP contribution in [0.4, 0.5) is 4.79 Å². The number of amides is 2. The highest BCUT2D eigenvalue weighted by Crippen LogP contribution is 2.16. The second kappa shape index (κ2) is 6.58. The van der Waals surface area contributed by atoms with E-state index in [9.17, 15) is 9.59 Å². The van der Waals surface area contributed by atoms with Gasteiger partial charge in [0.2, 0.25) is 6.41 Å². The van der Waals surface area contributed by atoms with E-state index in [2.05, 4.69) is 5.32 Å². The van der Waals surface area contributed by atoms with E-state index < -0.39 is 5.60 Å². The highest BCUT2D eigenvalue weighted by Gasteiger charge is 2.29. The maximum atomic E-state index is 11.8. The Hall–Kier alpha value is -1.30. The van der Waals surface area contributed by atoms with Crippen molar-refractivity contribution in [1.29, 1.82) is 0 Å². The van der Waals surface area contributed by atoms with Crippen LogP contribution in [-0.2, 0) is 14.3 Å². The third kappa shape index (κ3) is 5.35. The minimum atomic E-state index is -0.468. The van der Waals surface area contributed by atoms with Crippen molar-refractivity contribution in [2.75, 3.05) is 26.2 Å². The molecule has 1 heterocycles. The Morgan fingerprint density at radius 3 is 2.83 bits per heavy atom. The largest absolute Gasteiger partial charge is 0.444 e. The van der Waals surface area contributed by atoms with Crippen molar-refractivity contribution in [2.45, 2.75) is 38.9 Å². The molecule has 1 atom stereocenters. The van der Waals surface area contributed by atoms with E-state index in [1.807, 2.05) is 20.8 Å². The molecule has 1 fully saturated rings. The highest BCUT2D eigenvalue weighted by molar-refractivity contribution is 5.68. The fourth-order valence-corrected chi connectivity index (χ4v) is 1.70. The van der Waals surface area contributed by atoms with E-state index in [4.69, 9.17) is 9.47 Å². The predicted octanol–water partition coefficient (Wildman–Crippen LogP) is 0.758. The fraction of sp³-hybridized carbons (Fsp3) is 0.833. The van der Waals surface area contributed by atoms with Crippen molar-refractivity contribution in [3.05, 3.63) is 0 Å². The smallest absolute Gasteiger partial charge is 0.410 e. The summed E-state index contributed by atoms with van der Waals surface area (Å²) in [5.41, 5.74) is -0.468. The van der Waals surface area contributed by atoms with Crippen LogP contribution < -0.4 is 5.32 Å². The Labute approximate surface area is 108 Å². The zero-order valence-corrected chi connectivity index (χ0v) is 11.3. The molecule has 1 aliphatic heterocycles. The second-order valence-corrected chi connectivity index (χ2v) is 5.28. The van der Waals surface area contributed by atoms with Gasteiger partial charge >= 0.3 is 6.09 Å². The SMILES string of the molecule is CC(C)(C)OC(=O)N1CCC(OCCNC=O)C1. The van der Waals surface area contributed by atoms with Gasteiger partial charge in [0.1, 0.15) is 5.60 Å². The van der Waals surface area contributed by atoms with Gasteiger partial charge in [-0.1, -0.05) is 0 Å². The Morgan fingerprint density at radius 1 is 1.50 bits per heavy atom. The van der Waals surface area contributed by atoms with Crippen molar-refractivity contribution in [2.24, 2.45) is 0 Å². The lowest BCUT2D eigenvalue weighted by molar-refractivity contribution is -0.109. The number of nitrogens with one attached hydrogen (secondary N) is 1. The number of hydrogen-bond acceptors (Lipinski definition) is 4. The number of ether oxygens (including phenoxy) is 2. The monoisotopic (exact) mass is 258 g/mol. The first-order valence-electron chi connectivity index (χ1n) is 6.19. The van der Waals surface area contributed by atoms with Gasteiger partial charge in [-0.15, -0.1) is 0 Å². The van der Waals surface area contributed by atoms with Crippen molar-refractivity contribution in [3.8, 4) is 0 Å². The molecule has 1 aliphatic rings. The average molecular weight is 258 g/mol. The molecule has 1 N–H and O–H groups in total. The first kappa shape index (κ1) is 14.8. The van der Waals surface area contributed by atoms with Crippen LogP contribution >= 0.6 is 0 Å². The van der Waals surface area contributed by atoms with Crippen LogP contribution in [-0.4, -0.2) is 55.3 Å². The van der Waals surface area contributed by atoms with Gasteiger partial charge in [-0.2, -0.15) is 0 Å². The topological polar surface area (TPSA) is 67.9 Å². The lowest BCUT2D eigenvalue weighted by Crippen LogP contribution is -2.36. The van der Waals surface area contributed by atoms with E-state index in [0.717, 1.165) is 6.42 Å². The summed E-state index contributed by atoms with van der Waals surface area (Å²) in [4.78, 5) is 23.5. The molecule has 2 amide bonds. The van der Waals surface area contributed by atoms with Gasteiger partial charge in [-0.05, 0) is 27.2 Å². The first-order chi connectivity index (χ1) is 8.42. The minimum absolute atomic E-state index is 0.0333. The molecule has 0 aromatic rings. The molecule has 0 saturated carbocycles. The number of carbonyl (C=O) groups excluding carboxylic acids is 2. The Kier molecular flexibility index (Phi) is 5.40. The molecular weight excluding hydrogens is 236 g/mol. The summed E-state index contributed by atoms with van der Waals surface area (Å²) in [5.74, 6) is 0. The quantitative estimate of drug-likeness (QED) is 0.584. The summed E-state index contributed by atoms with van der Waals surface area (Å²) in [6, 6.07) is 0. The summed E-state index contributed by atoms with van der Waals surface area (Å²) in [7, 11) is 0. The van der Waals surface area contributed by atoms with Crippen LogP contribution in [0.25, 0.3) is 0 Å². The molecule has 0 aliphatic carbocycles. The van der Waals surface area contributed by atoms with Crippen LogP contribution in [0.5, 0.6) is 0 Å². The van der Waals surface area contributed by atoms with Crippen molar-refractivity contribution in [1.82, 2.24) is 10.2 Å². The molecule has 0 radical (unpaired) electrons. The van der Waals surface area contributed by atoms with Crippen LogP contribution in [0.3, 0.4) is 0 Å². The summed E-state index contributed by atoms with van der Waals surface area (Å²) < 4.78 is 10.8. The summed E-state index contributed by atoms with van der Waals surface area (Å²) in [5, 5.41) is 2.53. The molecule has 1 saturated heterocycles. The maximum Gasteiger partial charge on any atom is 0.410 e. The number of rotatable bonds is 5. The lowest BCUT2D eigenvalue weighted by Gasteiger charge is -2.24. The van der Waals surface area contributed by atoms with E-state index in [1.54, 1.807) is 4.90 Å². The van der Waals surface area contributed by atoms with Crippen LogP contribution in [0, 0.1) is 0 Å². The van der Waals surface area contributed by atoms with Gasteiger partial charge < -0.3 is 19.7 Å². The van der Waals surface area contributed by atoms with Crippen molar-refractivity contribution in [3.63, 3.8) is 0 Å². The molecule has 104 valence electrons. The van der Waals surface area contributed by atoms with E-state index in [1.165, 1.54) is 0 Å². The summed E-state index contributed by atoms with van der Waals surface area (Å²) >= 11 is 0. The zero-order chi connectivity index (χ0) is 13.6. The summed E-state index contributed by atoms with van der Waals surface area (Å²) in [6.45, 7) is 7.70. The van der Waals surface area contributed by atoms with Crippen molar-refractivity contribution < 1.29 is 19.1 Å². The molecule has 0 spiro atoms. The van der Waals surface area contributed by atoms with Gasteiger partial charge in [0.05, 0.1) is 19.3 Å². The van der Waals surface area contributed by atoms with Crippen LogP contribution in [0.1, 0.15) is 27.2 Å². The molecule has 6 heteroatoms. The molecule has 18 heavy (non-hydrogen) atoms. The molecule has 6 nitrogen and oxygen atoms in total. The maximum absolute atomic E-state index is 11.8. The number of hydrogen-bond donors (Lipinski definition) is 1. The second-order valence-electron chi connectivity index (χ2n) is 5.28. The van der Waals surface area contributed by atoms with Gasteiger partial charge in [0.25, 0.3) is 0 Å². The molecule has 1 unspecified atom stereocenters. The number of carbonyl (C=O) groups is 2. The van der Waals surface area contributed by atoms with Crippen LogP contribution in [0.15, 0.2) is 0 Å². The fourth-order valence-electron chi connectivity index (χ4n) is 1.70. The molecule has 0 aromatic carbocycles. The summed E-state index contributed by atoms with van der Waals surface area (Å²) in [6.07, 6.45) is 1.19. The van der Waals surface area contributed by atoms with Gasteiger partial charge in [-0.3, -0.25) is 4.79 Å². The molecule has 0 aromatic heterocycles. The van der Waals surface area contributed by atoms with Crippen molar-refractivity contribution >= 4 is 12.5 Å². The third-order valence-electron chi connectivity index (χ3n) is 2.48. The normalized spacial score (nSPS) is 19.7. The van der Waals surface area contributed by atoms with Gasteiger partial charge in [0, 0.05) is 13.1 Å². The first-order valence-corrected chi connectivity index (χ1v) is 6.19. The van der Waals surface area contributed by atoms with E-state index >= 15 is 0 Å². The minimum Gasteiger partial charge on any atom is -0.444 e. The molecule has 1 rings (SSSR count). The standard InChI is InChI=1S/C12H22N2O4/c1-12(2,3)18-11(16)14-6-4-10(8-14)17-7-5-13-9-15/h9-10H,4-8H2,1-3H3,(H,13,15). The van der Waals surface area contributed by atoms with Gasteiger partial charge in [0.15, 0.2) is 0 Å². The lowest BCUT2D eigenvalue weighted by atomic mass is 10.2. The van der Waals surface area contributed by atoms with Gasteiger partial charge in [-0.25, -0.2) is 4.79 Å². The molecule has 0 bridgehead atoms. The number of nitrogens with zero attached hydrogens (tertiary/aromatic N) is 1.